The molecule has 5 nitrogen and oxygen atoms in total. The highest BCUT2D eigenvalue weighted by molar-refractivity contribution is 5.93. The first-order valence-corrected chi connectivity index (χ1v) is 7.32. The molecule has 22 heavy (non-hydrogen) atoms. The SMILES string of the molecule is COc1ccc(C2(C(=O)NCc3ccon3)CC2(C)C)cc1. The molecule has 1 atom stereocenters. The Labute approximate surface area is 129 Å². The Bertz CT molecular complexity index is 662. The van der Waals surface area contributed by atoms with Gasteiger partial charge in [-0.25, -0.2) is 0 Å². The Balaban J connectivity index is 1.81. The Morgan fingerprint density at radius 1 is 1.32 bits per heavy atom. The molecule has 0 radical (unpaired) electrons. The van der Waals surface area contributed by atoms with Gasteiger partial charge in [0.25, 0.3) is 0 Å². The molecule has 0 saturated heterocycles. The predicted octanol–water partition coefficient (Wildman–Crippen LogP) is 2.67. The van der Waals surface area contributed by atoms with Crippen LogP contribution in [0.25, 0.3) is 0 Å². The normalized spacial score (nSPS) is 22.1. The van der Waals surface area contributed by atoms with E-state index in [0.717, 1.165) is 23.4 Å². The van der Waals surface area contributed by atoms with Crippen molar-refractivity contribution in [1.82, 2.24) is 10.5 Å². The molecular formula is C17H20N2O3. The second-order valence-electron chi connectivity index (χ2n) is 6.37. The molecule has 1 aliphatic rings. The van der Waals surface area contributed by atoms with Crippen molar-refractivity contribution < 1.29 is 14.1 Å². The van der Waals surface area contributed by atoms with Crippen LogP contribution in [-0.2, 0) is 16.8 Å². The van der Waals surface area contributed by atoms with Gasteiger partial charge in [-0.15, -0.1) is 0 Å². The number of hydrogen-bond donors (Lipinski definition) is 1. The van der Waals surface area contributed by atoms with Crippen molar-refractivity contribution in [3.8, 4) is 5.75 Å². The van der Waals surface area contributed by atoms with Crippen LogP contribution in [0, 0.1) is 5.41 Å². The maximum Gasteiger partial charge on any atom is 0.231 e. The first-order valence-electron chi connectivity index (χ1n) is 7.32. The number of rotatable bonds is 5. The number of aromatic nitrogens is 1. The lowest BCUT2D eigenvalue weighted by atomic mass is 9.87. The first kappa shape index (κ1) is 14.6. The Morgan fingerprint density at radius 2 is 2.00 bits per heavy atom. The molecule has 1 fully saturated rings. The summed E-state index contributed by atoms with van der Waals surface area (Å²) >= 11 is 0. The van der Waals surface area contributed by atoms with E-state index >= 15 is 0 Å². The third kappa shape index (κ3) is 2.26. The fraction of sp³-hybridized carbons (Fsp3) is 0.412. The van der Waals surface area contributed by atoms with Gasteiger partial charge in [0.05, 0.1) is 19.1 Å². The van der Waals surface area contributed by atoms with Crippen LogP contribution < -0.4 is 10.1 Å². The number of benzene rings is 1. The molecule has 1 aromatic heterocycles. The van der Waals surface area contributed by atoms with Crippen molar-refractivity contribution in [1.29, 1.82) is 0 Å². The summed E-state index contributed by atoms with van der Waals surface area (Å²) in [5, 5.41) is 6.79. The number of methoxy groups -OCH3 is 1. The fourth-order valence-corrected chi connectivity index (χ4v) is 3.16. The lowest BCUT2D eigenvalue weighted by molar-refractivity contribution is -0.124. The maximum absolute atomic E-state index is 12.8. The number of amides is 1. The molecule has 2 aromatic rings. The zero-order valence-corrected chi connectivity index (χ0v) is 13.1. The lowest BCUT2D eigenvalue weighted by Crippen LogP contribution is -2.37. The molecular weight excluding hydrogens is 280 g/mol. The summed E-state index contributed by atoms with van der Waals surface area (Å²) in [6.07, 6.45) is 2.33. The summed E-state index contributed by atoms with van der Waals surface area (Å²) in [5.41, 5.74) is 1.20. The van der Waals surface area contributed by atoms with Crippen molar-refractivity contribution in [2.24, 2.45) is 5.41 Å². The van der Waals surface area contributed by atoms with E-state index in [9.17, 15) is 4.79 Å². The fourth-order valence-electron chi connectivity index (χ4n) is 3.16. The highest BCUT2D eigenvalue weighted by atomic mass is 16.5. The van der Waals surface area contributed by atoms with Gasteiger partial charge in [-0.05, 0) is 29.5 Å². The summed E-state index contributed by atoms with van der Waals surface area (Å²) in [5.74, 6) is 0.825. The van der Waals surface area contributed by atoms with E-state index < -0.39 is 5.41 Å². The van der Waals surface area contributed by atoms with Crippen molar-refractivity contribution in [2.45, 2.75) is 32.2 Å². The van der Waals surface area contributed by atoms with Gasteiger partial charge in [-0.2, -0.15) is 0 Å². The molecule has 0 aliphatic heterocycles. The zero-order valence-electron chi connectivity index (χ0n) is 13.1. The van der Waals surface area contributed by atoms with E-state index in [1.165, 1.54) is 6.26 Å². The number of hydrogen-bond acceptors (Lipinski definition) is 4. The minimum absolute atomic E-state index is 0.0330. The Hall–Kier alpha value is -2.30. The van der Waals surface area contributed by atoms with Crippen LogP contribution in [0.15, 0.2) is 41.1 Å². The summed E-state index contributed by atoms with van der Waals surface area (Å²) in [6.45, 7) is 4.61. The highest BCUT2D eigenvalue weighted by Gasteiger charge is 2.66. The van der Waals surface area contributed by atoms with E-state index in [-0.39, 0.29) is 11.3 Å². The number of nitrogens with zero attached hydrogens (tertiary/aromatic N) is 1. The second kappa shape index (κ2) is 5.16. The van der Waals surface area contributed by atoms with Gasteiger partial charge in [0.2, 0.25) is 5.91 Å². The molecule has 1 unspecified atom stereocenters. The third-order valence-corrected chi connectivity index (χ3v) is 4.63. The predicted molar refractivity (Wildman–Crippen MR) is 81.4 cm³/mol. The van der Waals surface area contributed by atoms with Crippen molar-refractivity contribution in [3.63, 3.8) is 0 Å². The number of ether oxygens (including phenoxy) is 1. The van der Waals surface area contributed by atoms with Gasteiger partial charge in [-0.3, -0.25) is 4.79 Å². The lowest BCUT2D eigenvalue weighted by Gasteiger charge is -2.20. The van der Waals surface area contributed by atoms with E-state index in [2.05, 4.69) is 24.3 Å². The molecule has 116 valence electrons. The third-order valence-electron chi connectivity index (χ3n) is 4.63. The van der Waals surface area contributed by atoms with Crippen molar-refractivity contribution in [2.75, 3.05) is 7.11 Å². The Kier molecular flexibility index (Phi) is 3.43. The summed E-state index contributed by atoms with van der Waals surface area (Å²) in [4.78, 5) is 12.8. The van der Waals surface area contributed by atoms with Gasteiger partial charge in [0.1, 0.15) is 17.7 Å². The molecule has 1 amide bonds. The van der Waals surface area contributed by atoms with Crippen LogP contribution in [-0.4, -0.2) is 18.2 Å². The second-order valence-corrected chi connectivity index (χ2v) is 6.37. The molecule has 1 aromatic carbocycles. The topological polar surface area (TPSA) is 64.4 Å². The number of carbonyl (C=O) groups is 1. The molecule has 0 bridgehead atoms. The number of carbonyl (C=O) groups excluding carboxylic acids is 1. The van der Waals surface area contributed by atoms with Crippen molar-refractivity contribution >= 4 is 5.91 Å². The van der Waals surface area contributed by atoms with Gasteiger partial charge >= 0.3 is 0 Å². The highest BCUT2D eigenvalue weighted by Crippen LogP contribution is 2.64. The minimum atomic E-state index is -0.483. The smallest absolute Gasteiger partial charge is 0.231 e. The average Bonchev–Trinajstić information content (AvgIpc) is 2.90. The van der Waals surface area contributed by atoms with E-state index in [4.69, 9.17) is 9.26 Å². The summed E-state index contributed by atoms with van der Waals surface area (Å²) < 4.78 is 9.98. The summed E-state index contributed by atoms with van der Waals surface area (Å²) in [6, 6.07) is 9.50. The molecule has 1 saturated carbocycles. The maximum atomic E-state index is 12.8. The minimum Gasteiger partial charge on any atom is -0.497 e. The molecule has 5 heteroatoms. The van der Waals surface area contributed by atoms with Crippen LogP contribution in [0.3, 0.4) is 0 Å². The van der Waals surface area contributed by atoms with Crippen molar-refractivity contribution in [3.05, 3.63) is 47.9 Å². The van der Waals surface area contributed by atoms with Crippen LogP contribution in [0.1, 0.15) is 31.5 Å². The molecule has 1 heterocycles. The zero-order chi connectivity index (χ0) is 15.8. The van der Waals surface area contributed by atoms with E-state index in [1.54, 1.807) is 13.2 Å². The Morgan fingerprint density at radius 3 is 2.50 bits per heavy atom. The van der Waals surface area contributed by atoms with Crippen LogP contribution >= 0.6 is 0 Å². The van der Waals surface area contributed by atoms with Crippen LogP contribution in [0.4, 0.5) is 0 Å². The first-order chi connectivity index (χ1) is 10.5. The molecule has 1 N–H and O–H groups in total. The molecule has 0 spiro atoms. The van der Waals surface area contributed by atoms with Crippen LogP contribution in [0.2, 0.25) is 0 Å². The average molecular weight is 300 g/mol. The van der Waals surface area contributed by atoms with Gasteiger partial charge in [-0.1, -0.05) is 31.1 Å². The van der Waals surface area contributed by atoms with Crippen LogP contribution in [0.5, 0.6) is 5.75 Å². The number of nitrogens with one attached hydrogen (secondary N) is 1. The van der Waals surface area contributed by atoms with Gasteiger partial charge in [0, 0.05) is 6.07 Å². The standard InChI is InChI=1S/C17H20N2O3/c1-16(2)11-17(16,12-4-6-14(21-3)7-5-12)15(20)18-10-13-8-9-22-19-13/h4-9H,10-11H2,1-3H3,(H,18,20). The quantitative estimate of drug-likeness (QED) is 0.922. The van der Waals surface area contributed by atoms with E-state index in [0.29, 0.717) is 6.54 Å². The van der Waals surface area contributed by atoms with E-state index in [1.807, 2.05) is 24.3 Å². The molecule has 1 aliphatic carbocycles. The monoisotopic (exact) mass is 300 g/mol. The summed E-state index contributed by atoms with van der Waals surface area (Å²) in [7, 11) is 1.64. The van der Waals surface area contributed by atoms with Gasteiger partial charge < -0.3 is 14.6 Å². The largest absolute Gasteiger partial charge is 0.497 e. The van der Waals surface area contributed by atoms with Gasteiger partial charge in [0.15, 0.2) is 0 Å². The molecule has 3 rings (SSSR count).